The molecule has 2 N–H and O–H groups in total. The van der Waals surface area contributed by atoms with Crippen LogP contribution in [0.4, 0.5) is 0 Å². The quantitative estimate of drug-likeness (QED) is 0.414. The van der Waals surface area contributed by atoms with Gasteiger partial charge < -0.3 is 10.6 Å². The lowest BCUT2D eigenvalue weighted by Crippen LogP contribution is -2.38. The first-order valence-electron chi connectivity index (χ1n) is 7.60. The first-order valence-corrected chi connectivity index (χ1v) is 7.60. The van der Waals surface area contributed by atoms with Gasteiger partial charge in [0.2, 0.25) is 0 Å². The molecule has 0 amide bonds. The van der Waals surface area contributed by atoms with Gasteiger partial charge in [-0.2, -0.15) is 10.2 Å². The Morgan fingerprint density at radius 1 is 1.30 bits per heavy atom. The zero-order chi connectivity index (χ0) is 15.9. The Kier molecular flexibility index (Phi) is 8.07. The summed E-state index contributed by atoms with van der Waals surface area (Å²) in [6.45, 7) is 9.20. The van der Waals surface area contributed by atoms with Crippen LogP contribution in [0.5, 0.6) is 0 Å². The van der Waals surface area contributed by atoms with E-state index < -0.39 is 0 Å². The topological polar surface area (TPSA) is 72.1 Å². The van der Waals surface area contributed by atoms with Gasteiger partial charge in [-0.25, -0.2) is 4.99 Å². The van der Waals surface area contributed by atoms with Gasteiger partial charge in [0.05, 0.1) is 18.8 Å². The molecule has 0 aliphatic heterocycles. The second-order valence-electron chi connectivity index (χ2n) is 5.16. The van der Waals surface area contributed by atoms with Crippen molar-refractivity contribution in [1.29, 1.82) is 0 Å². The molecule has 2 aromatic heterocycles. The van der Waals surface area contributed by atoms with Gasteiger partial charge >= 0.3 is 0 Å². The van der Waals surface area contributed by atoms with Crippen LogP contribution in [0.2, 0.25) is 0 Å². The second-order valence-corrected chi connectivity index (χ2v) is 5.16. The molecule has 0 bridgehead atoms. The van der Waals surface area contributed by atoms with E-state index in [1.54, 1.807) is 6.20 Å². The van der Waals surface area contributed by atoms with Crippen molar-refractivity contribution in [1.82, 2.24) is 30.2 Å². The number of aromatic nitrogens is 4. The van der Waals surface area contributed by atoms with Crippen molar-refractivity contribution in [3.05, 3.63) is 35.4 Å². The van der Waals surface area contributed by atoms with Crippen molar-refractivity contribution >= 4 is 29.9 Å². The molecule has 0 saturated carbocycles. The summed E-state index contributed by atoms with van der Waals surface area (Å²) in [5.74, 6) is 0.817. The van der Waals surface area contributed by atoms with Crippen molar-refractivity contribution in [2.24, 2.45) is 12.0 Å². The number of hydrogen-bond donors (Lipinski definition) is 2. The molecule has 0 saturated heterocycles. The first kappa shape index (κ1) is 19.5. The minimum Gasteiger partial charge on any atom is -0.357 e. The highest BCUT2D eigenvalue weighted by Crippen LogP contribution is 2.12. The zero-order valence-corrected chi connectivity index (χ0v) is 16.5. The molecule has 8 heteroatoms. The predicted octanol–water partition coefficient (Wildman–Crippen LogP) is 1.61. The van der Waals surface area contributed by atoms with Gasteiger partial charge in [0.1, 0.15) is 0 Å². The van der Waals surface area contributed by atoms with Crippen molar-refractivity contribution in [3.63, 3.8) is 0 Å². The van der Waals surface area contributed by atoms with E-state index in [1.807, 2.05) is 35.6 Å². The minimum absolute atomic E-state index is 0. The highest BCUT2D eigenvalue weighted by atomic mass is 127. The molecule has 2 aromatic rings. The van der Waals surface area contributed by atoms with Crippen LogP contribution in [0.25, 0.3) is 0 Å². The van der Waals surface area contributed by atoms with E-state index >= 15 is 0 Å². The standard InChI is InChI=1S/C15H25N7.HI/c1-5-16-15(17-8-10-22-9-6-7-19-22)18-11-14-12(2)20-21(4)13(14)3;/h6-7,9H,5,8,10-11H2,1-4H3,(H2,16,17,18);1H. The second kappa shape index (κ2) is 9.53. The third-order valence-corrected chi connectivity index (χ3v) is 3.59. The zero-order valence-electron chi connectivity index (χ0n) is 14.2. The lowest BCUT2D eigenvalue weighted by atomic mass is 10.2. The summed E-state index contributed by atoms with van der Waals surface area (Å²) in [6.07, 6.45) is 3.74. The molecule has 23 heavy (non-hydrogen) atoms. The summed E-state index contributed by atoms with van der Waals surface area (Å²) in [5, 5.41) is 15.2. The Morgan fingerprint density at radius 2 is 2.09 bits per heavy atom. The lowest BCUT2D eigenvalue weighted by Gasteiger charge is -2.11. The van der Waals surface area contributed by atoms with Gasteiger partial charge in [-0.3, -0.25) is 9.36 Å². The van der Waals surface area contributed by atoms with Crippen LogP contribution in [0.15, 0.2) is 23.5 Å². The van der Waals surface area contributed by atoms with Crippen LogP contribution in [-0.4, -0.2) is 38.6 Å². The number of hydrogen-bond acceptors (Lipinski definition) is 3. The Balaban J connectivity index is 0.00000264. The van der Waals surface area contributed by atoms with Crippen molar-refractivity contribution in [2.75, 3.05) is 13.1 Å². The number of nitrogens with one attached hydrogen (secondary N) is 2. The molecule has 0 radical (unpaired) electrons. The molecule has 2 heterocycles. The average molecular weight is 431 g/mol. The van der Waals surface area contributed by atoms with Crippen molar-refractivity contribution in [3.8, 4) is 0 Å². The fraction of sp³-hybridized carbons (Fsp3) is 0.533. The number of nitrogens with zero attached hydrogens (tertiary/aromatic N) is 5. The van der Waals surface area contributed by atoms with Gasteiger partial charge in [0.15, 0.2) is 5.96 Å². The lowest BCUT2D eigenvalue weighted by molar-refractivity contribution is 0.598. The van der Waals surface area contributed by atoms with E-state index in [0.717, 1.165) is 37.0 Å². The van der Waals surface area contributed by atoms with E-state index in [1.165, 1.54) is 5.56 Å². The minimum atomic E-state index is 0. The van der Waals surface area contributed by atoms with E-state index in [4.69, 9.17) is 0 Å². The fourth-order valence-electron chi connectivity index (χ4n) is 2.27. The molecule has 0 aromatic carbocycles. The average Bonchev–Trinajstić information content (AvgIpc) is 3.07. The molecule has 0 atom stereocenters. The molecule has 2 rings (SSSR count). The van der Waals surface area contributed by atoms with Crippen LogP contribution < -0.4 is 10.6 Å². The van der Waals surface area contributed by atoms with Gasteiger partial charge in [-0.1, -0.05) is 0 Å². The fourth-order valence-corrected chi connectivity index (χ4v) is 2.27. The van der Waals surface area contributed by atoms with Gasteiger partial charge in [-0.15, -0.1) is 24.0 Å². The van der Waals surface area contributed by atoms with Gasteiger partial charge in [0, 0.05) is 43.8 Å². The van der Waals surface area contributed by atoms with Gasteiger partial charge in [0.25, 0.3) is 0 Å². The van der Waals surface area contributed by atoms with Crippen LogP contribution in [0.1, 0.15) is 23.9 Å². The Labute approximate surface area is 154 Å². The monoisotopic (exact) mass is 431 g/mol. The van der Waals surface area contributed by atoms with Crippen LogP contribution in [0, 0.1) is 13.8 Å². The number of guanidine groups is 1. The van der Waals surface area contributed by atoms with E-state index in [9.17, 15) is 0 Å². The number of rotatable bonds is 6. The summed E-state index contributed by atoms with van der Waals surface area (Å²) in [6, 6.07) is 1.92. The molecule has 0 unspecified atom stereocenters. The summed E-state index contributed by atoms with van der Waals surface area (Å²) >= 11 is 0. The molecule has 7 nitrogen and oxygen atoms in total. The normalized spacial score (nSPS) is 11.2. The third-order valence-electron chi connectivity index (χ3n) is 3.59. The maximum absolute atomic E-state index is 4.65. The molecular formula is C15H26IN7. The predicted molar refractivity (Wildman–Crippen MR) is 103 cm³/mol. The maximum atomic E-state index is 4.65. The highest BCUT2D eigenvalue weighted by Gasteiger charge is 2.08. The van der Waals surface area contributed by atoms with Gasteiger partial charge in [-0.05, 0) is 26.8 Å². The summed E-state index contributed by atoms with van der Waals surface area (Å²) < 4.78 is 3.80. The SMILES string of the molecule is CCNC(=NCc1c(C)nn(C)c1C)NCCn1cccn1.I. The van der Waals surface area contributed by atoms with Crippen molar-refractivity contribution < 1.29 is 0 Å². The van der Waals surface area contributed by atoms with E-state index in [-0.39, 0.29) is 24.0 Å². The summed E-state index contributed by atoms with van der Waals surface area (Å²) in [4.78, 5) is 4.65. The molecule has 128 valence electrons. The van der Waals surface area contributed by atoms with Crippen molar-refractivity contribution in [2.45, 2.75) is 33.9 Å². The molecule has 0 aliphatic rings. The smallest absolute Gasteiger partial charge is 0.191 e. The molecule has 0 spiro atoms. The Morgan fingerprint density at radius 3 is 2.65 bits per heavy atom. The molecule has 0 fully saturated rings. The molecule has 0 aliphatic carbocycles. The summed E-state index contributed by atoms with van der Waals surface area (Å²) in [5.41, 5.74) is 3.39. The highest BCUT2D eigenvalue weighted by molar-refractivity contribution is 14.0. The number of halogens is 1. The Bertz CT molecular complexity index is 616. The maximum Gasteiger partial charge on any atom is 0.191 e. The third kappa shape index (κ3) is 5.52. The van der Waals surface area contributed by atoms with Crippen LogP contribution >= 0.6 is 24.0 Å². The van der Waals surface area contributed by atoms with Crippen LogP contribution in [0.3, 0.4) is 0 Å². The number of aliphatic imine (C=N–C) groups is 1. The largest absolute Gasteiger partial charge is 0.357 e. The van der Waals surface area contributed by atoms with E-state index in [0.29, 0.717) is 6.54 Å². The summed E-state index contributed by atoms with van der Waals surface area (Å²) in [7, 11) is 1.96. The number of aryl methyl sites for hydroxylation is 2. The Hall–Kier alpha value is -1.58. The first-order chi connectivity index (χ1) is 10.6. The van der Waals surface area contributed by atoms with Crippen LogP contribution in [-0.2, 0) is 20.1 Å². The van der Waals surface area contributed by atoms with E-state index in [2.05, 4.69) is 39.7 Å². The molecular weight excluding hydrogens is 405 g/mol.